The van der Waals surface area contributed by atoms with Crippen LogP contribution in [0.15, 0.2) is 54.6 Å². The molecule has 3 aromatic carbocycles. The summed E-state index contributed by atoms with van der Waals surface area (Å²) in [6.45, 7) is 6.51. The molecule has 3 rings (SSSR count). The van der Waals surface area contributed by atoms with Gasteiger partial charge in [-0.15, -0.1) is 0 Å². The maximum absolute atomic E-state index is 2.39. The molecular weight excluding hydrogens is 230 g/mol. The highest BCUT2D eigenvalue weighted by Gasteiger charge is 2.05. The topological polar surface area (TPSA) is 3.24 Å². The third-order valence-electron chi connectivity index (χ3n) is 3.86. The SMILES string of the molecule is CCN(CC)c1ccc2ccc3ccccc3c2c1. The third-order valence-corrected chi connectivity index (χ3v) is 3.86. The van der Waals surface area contributed by atoms with E-state index < -0.39 is 0 Å². The first-order valence-corrected chi connectivity index (χ1v) is 7.00. The lowest BCUT2D eigenvalue weighted by molar-refractivity contribution is 0.867. The first kappa shape index (κ1) is 12.0. The summed E-state index contributed by atoms with van der Waals surface area (Å²) >= 11 is 0. The molecule has 96 valence electrons. The van der Waals surface area contributed by atoms with Crippen LogP contribution in [-0.2, 0) is 0 Å². The maximum atomic E-state index is 2.39. The summed E-state index contributed by atoms with van der Waals surface area (Å²) in [5.41, 5.74) is 1.31. The lowest BCUT2D eigenvalue weighted by atomic mass is 10.0. The largest absolute Gasteiger partial charge is 0.372 e. The molecule has 0 spiro atoms. The molecule has 0 aliphatic heterocycles. The van der Waals surface area contributed by atoms with Crippen molar-refractivity contribution in [2.24, 2.45) is 0 Å². The molecule has 0 radical (unpaired) electrons. The number of rotatable bonds is 3. The zero-order valence-electron chi connectivity index (χ0n) is 11.6. The minimum Gasteiger partial charge on any atom is -0.372 e. The Morgan fingerprint density at radius 2 is 1.37 bits per heavy atom. The van der Waals surface area contributed by atoms with E-state index in [-0.39, 0.29) is 0 Å². The van der Waals surface area contributed by atoms with Crippen molar-refractivity contribution < 1.29 is 0 Å². The van der Waals surface area contributed by atoms with E-state index in [9.17, 15) is 0 Å². The molecule has 0 saturated heterocycles. The highest BCUT2D eigenvalue weighted by Crippen LogP contribution is 2.28. The molecule has 0 atom stereocenters. The van der Waals surface area contributed by atoms with E-state index in [0.29, 0.717) is 0 Å². The van der Waals surface area contributed by atoms with Gasteiger partial charge in [0.15, 0.2) is 0 Å². The molecule has 0 aliphatic rings. The maximum Gasteiger partial charge on any atom is 0.0372 e. The Bertz CT molecular complexity index is 711. The van der Waals surface area contributed by atoms with Gasteiger partial charge in [-0.2, -0.15) is 0 Å². The van der Waals surface area contributed by atoms with Crippen LogP contribution in [0.4, 0.5) is 5.69 Å². The standard InChI is InChI=1S/C18H19N/c1-3-19(4-2)16-12-11-15-10-9-14-7-5-6-8-17(14)18(15)13-16/h5-13H,3-4H2,1-2H3. The fourth-order valence-electron chi connectivity index (χ4n) is 2.78. The molecule has 0 bridgehead atoms. The van der Waals surface area contributed by atoms with Crippen molar-refractivity contribution in [2.75, 3.05) is 18.0 Å². The molecule has 0 N–H and O–H groups in total. The number of nitrogens with zero attached hydrogens (tertiary/aromatic N) is 1. The number of hydrogen-bond donors (Lipinski definition) is 0. The highest BCUT2D eigenvalue weighted by atomic mass is 15.1. The van der Waals surface area contributed by atoms with Crippen LogP contribution in [0.2, 0.25) is 0 Å². The van der Waals surface area contributed by atoms with Crippen LogP contribution in [-0.4, -0.2) is 13.1 Å². The lowest BCUT2D eigenvalue weighted by Gasteiger charge is -2.21. The normalized spacial score (nSPS) is 11.1. The van der Waals surface area contributed by atoms with Crippen LogP contribution < -0.4 is 4.90 Å². The predicted octanol–water partition coefficient (Wildman–Crippen LogP) is 4.84. The van der Waals surface area contributed by atoms with Gasteiger partial charge in [-0.25, -0.2) is 0 Å². The molecule has 1 nitrogen and oxygen atoms in total. The summed E-state index contributed by atoms with van der Waals surface area (Å²) in [7, 11) is 0. The van der Waals surface area contributed by atoms with E-state index in [4.69, 9.17) is 0 Å². The Balaban J connectivity index is 2.28. The highest BCUT2D eigenvalue weighted by molar-refractivity contribution is 6.08. The number of fused-ring (bicyclic) bond motifs is 3. The molecule has 0 amide bonds. The zero-order chi connectivity index (χ0) is 13.2. The van der Waals surface area contributed by atoms with Gasteiger partial charge in [-0.05, 0) is 47.5 Å². The molecule has 1 heteroatoms. The smallest absolute Gasteiger partial charge is 0.0372 e. The van der Waals surface area contributed by atoms with Crippen LogP contribution in [0, 0.1) is 0 Å². The molecular formula is C18H19N. The van der Waals surface area contributed by atoms with E-state index in [0.717, 1.165) is 13.1 Å². The molecule has 19 heavy (non-hydrogen) atoms. The van der Waals surface area contributed by atoms with E-state index in [1.807, 2.05) is 0 Å². The zero-order valence-corrected chi connectivity index (χ0v) is 11.6. The minimum absolute atomic E-state index is 1.05. The van der Waals surface area contributed by atoms with Gasteiger partial charge >= 0.3 is 0 Å². The number of anilines is 1. The second-order valence-corrected chi connectivity index (χ2v) is 4.86. The second kappa shape index (κ2) is 4.93. The quantitative estimate of drug-likeness (QED) is 0.600. The van der Waals surface area contributed by atoms with Crippen LogP contribution in [0.3, 0.4) is 0 Å². The Morgan fingerprint density at radius 1 is 0.737 bits per heavy atom. The molecule has 3 aromatic rings. The van der Waals surface area contributed by atoms with Crippen molar-refractivity contribution in [3.63, 3.8) is 0 Å². The van der Waals surface area contributed by atoms with Crippen molar-refractivity contribution in [3.8, 4) is 0 Å². The van der Waals surface area contributed by atoms with Gasteiger partial charge in [-0.1, -0.05) is 42.5 Å². The van der Waals surface area contributed by atoms with E-state index in [2.05, 4.69) is 73.3 Å². The summed E-state index contributed by atoms with van der Waals surface area (Å²) < 4.78 is 0. The molecule has 0 aromatic heterocycles. The van der Waals surface area contributed by atoms with E-state index in [1.54, 1.807) is 0 Å². The van der Waals surface area contributed by atoms with Gasteiger partial charge in [0.1, 0.15) is 0 Å². The first-order chi connectivity index (χ1) is 9.33. The van der Waals surface area contributed by atoms with Crippen LogP contribution in [0.1, 0.15) is 13.8 Å². The fourth-order valence-corrected chi connectivity index (χ4v) is 2.78. The van der Waals surface area contributed by atoms with Crippen LogP contribution in [0.5, 0.6) is 0 Å². The Labute approximate surface area is 114 Å². The van der Waals surface area contributed by atoms with Gasteiger partial charge in [0, 0.05) is 18.8 Å². The Morgan fingerprint density at radius 3 is 2.11 bits per heavy atom. The number of hydrogen-bond acceptors (Lipinski definition) is 1. The van der Waals surface area contributed by atoms with Gasteiger partial charge in [0.2, 0.25) is 0 Å². The predicted molar refractivity (Wildman–Crippen MR) is 85.0 cm³/mol. The first-order valence-electron chi connectivity index (χ1n) is 7.00. The van der Waals surface area contributed by atoms with Gasteiger partial charge < -0.3 is 4.90 Å². The van der Waals surface area contributed by atoms with Crippen LogP contribution >= 0.6 is 0 Å². The minimum atomic E-state index is 1.05. The van der Waals surface area contributed by atoms with Gasteiger partial charge in [0.25, 0.3) is 0 Å². The molecule has 0 aliphatic carbocycles. The molecule has 0 saturated carbocycles. The summed E-state index contributed by atoms with van der Waals surface area (Å²) in [6.07, 6.45) is 0. The monoisotopic (exact) mass is 249 g/mol. The van der Waals surface area contributed by atoms with Crippen LogP contribution in [0.25, 0.3) is 21.5 Å². The van der Waals surface area contributed by atoms with Crippen molar-refractivity contribution in [3.05, 3.63) is 54.6 Å². The second-order valence-electron chi connectivity index (χ2n) is 4.86. The summed E-state index contributed by atoms with van der Waals surface area (Å²) in [5.74, 6) is 0. The average Bonchev–Trinajstić information content (AvgIpc) is 2.48. The third kappa shape index (κ3) is 2.06. The van der Waals surface area contributed by atoms with E-state index in [1.165, 1.54) is 27.2 Å². The molecule has 0 fully saturated rings. The number of benzene rings is 3. The van der Waals surface area contributed by atoms with Crippen molar-refractivity contribution >= 4 is 27.2 Å². The Kier molecular flexibility index (Phi) is 3.12. The van der Waals surface area contributed by atoms with Gasteiger partial charge in [-0.3, -0.25) is 0 Å². The fraction of sp³-hybridized carbons (Fsp3) is 0.222. The molecule has 0 heterocycles. The Hall–Kier alpha value is -2.02. The molecule has 0 unspecified atom stereocenters. The lowest BCUT2D eigenvalue weighted by Crippen LogP contribution is -2.21. The summed E-state index contributed by atoms with van der Waals surface area (Å²) in [5, 5.41) is 5.32. The van der Waals surface area contributed by atoms with Crippen molar-refractivity contribution in [1.82, 2.24) is 0 Å². The summed E-state index contributed by atoms with van der Waals surface area (Å²) in [4.78, 5) is 2.39. The van der Waals surface area contributed by atoms with E-state index >= 15 is 0 Å². The average molecular weight is 249 g/mol. The summed E-state index contributed by atoms with van der Waals surface area (Å²) in [6, 6.07) is 19.8. The van der Waals surface area contributed by atoms with Crippen molar-refractivity contribution in [2.45, 2.75) is 13.8 Å². The van der Waals surface area contributed by atoms with Gasteiger partial charge in [0.05, 0.1) is 0 Å². The van der Waals surface area contributed by atoms with Crippen molar-refractivity contribution in [1.29, 1.82) is 0 Å².